The molecule has 1 fully saturated rings. The molecule has 1 aromatic heterocycles. The first kappa shape index (κ1) is 12.6. The Hall–Kier alpha value is -0.380. The summed E-state index contributed by atoms with van der Waals surface area (Å²) >= 11 is 1.89. The van der Waals surface area contributed by atoms with Gasteiger partial charge >= 0.3 is 0 Å². The molecule has 2 heterocycles. The van der Waals surface area contributed by atoms with Crippen LogP contribution >= 0.6 is 11.3 Å². The molecule has 0 radical (unpaired) electrons. The highest BCUT2D eigenvalue weighted by molar-refractivity contribution is 7.10. The lowest BCUT2D eigenvalue weighted by Crippen LogP contribution is -2.47. The van der Waals surface area contributed by atoms with Gasteiger partial charge in [0.25, 0.3) is 0 Å². The molecular formula is C15H23NOS. The van der Waals surface area contributed by atoms with E-state index in [1.165, 1.54) is 24.8 Å². The molecule has 1 N–H and O–H groups in total. The highest BCUT2D eigenvalue weighted by Gasteiger charge is 2.34. The second-order valence-electron chi connectivity index (χ2n) is 5.98. The van der Waals surface area contributed by atoms with Gasteiger partial charge in [0, 0.05) is 24.0 Å². The molecule has 0 bridgehead atoms. The predicted octanol–water partition coefficient (Wildman–Crippen LogP) is 3.36. The van der Waals surface area contributed by atoms with E-state index in [1.807, 2.05) is 11.3 Å². The summed E-state index contributed by atoms with van der Waals surface area (Å²) in [5, 5.41) is 12.9. The third-order valence-corrected chi connectivity index (χ3v) is 5.68. The maximum Gasteiger partial charge on any atom is 0.0774 e. The fraction of sp³-hybridized carbons (Fsp3) is 0.733. The molecule has 1 aromatic rings. The highest BCUT2D eigenvalue weighted by Crippen LogP contribution is 2.36. The van der Waals surface area contributed by atoms with E-state index in [9.17, 15) is 5.11 Å². The van der Waals surface area contributed by atoms with E-state index in [-0.39, 0.29) is 0 Å². The molecule has 3 heteroatoms. The zero-order valence-corrected chi connectivity index (χ0v) is 12.0. The van der Waals surface area contributed by atoms with Gasteiger partial charge in [-0.2, -0.15) is 0 Å². The molecular weight excluding hydrogens is 242 g/mol. The minimum atomic E-state index is -0.417. The quantitative estimate of drug-likeness (QED) is 0.886. The summed E-state index contributed by atoms with van der Waals surface area (Å²) in [5.41, 5.74) is 1.07. The summed E-state index contributed by atoms with van der Waals surface area (Å²) < 4.78 is 0. The Morgan fingerprint density at radius 2 is 2.17 bits per heavy atom. The monoisotopic (exact) mass is 265 g/mol. The lowest BCUT2D eigenvalue weighted by Gasteiger charge is -2.41. The summed E-state index contributed by atoms with van der Waals surface area (Å²) in [6.07, 6.45) is 6.84. The maximum atomic E-state index is 10.7. The summed E-state index contributed by atoms with van der Waals surface area (Å²) in [4.78, 5) is 4.04. The smallest absolute Gasteiger partial charge is 0.0774 e. The van der Waals surface area contributed by atoms with Crippen molar-refractivity contribution in [2.75, 3.05) is 13.1 Å². The molecule has 0 spiro atoms. The van der Waals surface area contributed by atoms with E-state index in [4.69, 9.17) is 0 Å². The zero-order chi connectivity index (χ0) is 12.6. The topological polar surface area (TPSA) is 23.5 Å². The third kappa shape index (κ3) is 2.36. The van der Waals surface area contributed by atoms with Crippen molar-refractivity contribution in [2.45, 2.75) is 57.1 Å². The molecule has 1 atom stereocenters. The molecule has 0 aromatic carbocycles. The Balaban J connectivity index is 1.71. The maximum absolute atomic E-state index is 10.7. The van der Waals surface area contributed by atoms with Crippen molar-refractivity contribution in [3.05, 3.63) is 21.9 Å². The van der Waals surface area contributed by atoms with Crippen molar-refractivity contribution in [3.63, 3.8) is 0 Å². The minimum absolute atomic E-state index is 0.417. The van der Waals surface area contributed by atoms with Gasteiger partial charge < -0.3 is 5.11 Å². The molecule has 3 rings (SSSR count). The molecule has 2 aliphatic rings. The molecule has 18 heavy (non-hydrogen) atoms. The van der Waals surface area contributed by atoms with Gasteiger partial charge in [0.2, 0.25) is 0 Å². The van der Waals surface area contributed by atoms with Crippen LogP contribution in [0.4, 0.5) is 0 Å². The molecule has 1 unspecified atom stereocenters. The Morgan fingerprint density at radius 1 is 1.39 bits per heavy atom. The number of aliphatic hydroxyl groups is 1. The van der Waals surface area contributed by atoms with E-state index in [0.717, 1.165) is 32.4 Å². The van der Waals surface area contributed by atoms with Gasteiger partial charge in [0.1, 0.15) is 0 Å². The van der Waals surface area contributed by atoms with Crippen LogP contribution in [-0.2, 0) is 6.42 Å². The second kappa shape index (κ2) is 4.95. The first-order valence-corrected chi connectivity index (χ1v) is 8.09. The second-order valence-corrected chi connectivity index (χ2v) is 6.98. The van der Waals surface area contributed by atoms with Gasteiger partial charge in [-0.1, -0.05) is 19.3 Å². The van der Waals surface area contributed by atoms with Crippen molar-refractivity contribution in [1.82, 2.24) is 4.90 Å². The number of fused-ring (bicyclic) bond motifs is 1. The van der Waals surface area contributed by atoms with Gasteiger partial charge in [-0.3, -0.25) is 4.90 Å². The number of β-amino-alcohol motifs (C(OH)–C–C–N with tert-alkyl or cyclic N) is 1. The van der Waals surface area contributed by atoms with Crippen molar-refractivity contribution in [3.8, 4) is 0 Å². The van der Waals surface area contributed by atoms with Crippen LogP contribution in [-0.4, -0.2) is 28.7 Å². The van der Waals surface area contributed by atoms with Crippen LogP contribution in [0.2, 0.25) is 0 Å². The number of rotatable bonds is 2. The number of hydrogen-bond acceptors (Lipinski definition) is 3. The Bertz CT molecular complexity index is 408. The van der Waals surface area contributed by atoms with Crippen molar-refractivity contribution >= 4 is 11.3 Å². The van der Waals surface area contributed by atoms with E-state index in [2.05, 4.69) is 23.3 Å². The molecule has 1 saturated carbocycles. The van der Waals surface area contributed by atoms with E-state index in [0.29, 0.717) is 6.04 Å². The van der Waals surface area contributed by atoms with Crippen LogP contribution in [0.1, 0.15) is 55.5 Å². The van der Waals surface area contributed by atoms with E-state index >= 15 is 0 Å². The van der Waals surface area contributed by atoms with Gasteiger partial charge in [0.05, 0.1) is 5.60 Å². The molecule has 100 valence electrons. The molecule has 0 amide bonds. The van der Waals surface area contributed by atoms with Crippen LogP contribution in [0.15, 0.2) is 11.4 Å². The highest BCUT2D eigenvalue weighted by atomic mass is 32.1. The first-order valence-electron chi connectivity index (χ1n) is 7.21. The lowest BCUT2D eigenvalue weighted by atomic mass is 9.83. The molecule has 2 nitrogen and oxygen atoms in total. The van der Waals surface area contributed by atoms with Crippen molar-refractivity contribution in [1.29, 1.82) is 0 Å². The van der Waals surface area contributed by atoms with E-state index in [1.54, 1.807) is 4.88 Å². The van der Waals surface area contributed by atoms with Crippen LogP contribution in [0.5, 0.6) is 0 Å². The average molecular weight is 265 g/mol. The SMILES string of the molecule is CC1c2ccsc2CCN1CC1(O)CCCCC1. The number of hydrogen-bond donors (Lipinski definition) is 1. The van der Waals surface area contributed by atoms with Gasteiger partial charge in [-0.15, -0.1) is 11.3 Å². The van der Waals surface area contributed by atoms with Crippen LogP contribution in [0.25, 0.3) is 0 Å². The van der Waals surface area contributed by atoms with Crippen LogP contribution in [0, 0.1) is 0 Å². The summed E-state index contributed by atoms with van der Waals surface area (Å²) in [5.74, 6) is 0. The largest absolute Gasteiger partial charge is 0.389 e. The molecule has 1 aliphatic heterocycles. The van der Waals surface area contributed by atoms with Gasteiger partial charge in [-0.05, 0) is 43.2 Å². The lowest BCUT2D eigenvalue weighted by molar-refractivity contribution is -0.0360. The fourth-order valence-corrected chi connectivity index (χ4v) is 4.49. The molecule has 0 saturated heterocycles. The fourth-order valence-electron chi connectivity index (χ4n) is 3.52. The first-order chi connectivity index (χ1) is 8.68. The normalized spacial score (nSPS) is 28.0. The Morgan fingerprint density at radius 3 is 2.94 bits per heavy atom. The molecule has 1 aliphatic carbocycles. The van der Waals surface area contributed by atoms with Crippen LogP contribution < -0.4 is 0 Å². The van der Waals surface area contributed by atoms with Crippen molar-refractivity contribution in [2.24, 2.45) is 0 Å². The van der Waals surface area contributed by atoms with E-state index < -0.39 is 5.60 Å². The Kier molecular flexibility index (Phi) is 3.48. The summed E-state index contributed by atoms with van der Waals surface area (Å²) in [6.45, 7) is 4.26. The summed E-state index contributed by atoms with van der Waals surface area (Å²) in [6, 6.07) is 2.74. The number of nitrogens with zero attached hydrogens (tertiary/aromatic N) is 1. The zero-order valence-electron chi connectivity index (χ0n) is 11.2. The average Bonchev–Trinajstić information content (AvgIpc) is 2.83. The predicted molar refractivity (Wildman–Crippen MR) is 76.0 cm³/mol. The van der Waals surface area contributed by atoms with Crippen molar-refractivity contribution < 1.29 is 5.11 Å². The summed E-state index contributed by atoms with van der Waals surface area (Å²) in [7, 11) is 0. The van der Waals surface area contributed by atoms with Gasteiger partial charge in [0.15, 0.2) is 0 Å². The third-order valence-electron chi connectivity index (χ3n) is 4.69. The van der Waals surface area contributed by atoms with Gasteiger partial charge in [-0.25, -0.2) is 0 Å². The Labute approximate surface area is 114 Å². The standard InChI is InChI=1S/C15H23NOS/c1-12-13-6-10-18-14(13)5-9-16(12)11-15(17)7-3-2-4-8-15/h6,10,12,17H,2-5,7-9,11H2,1H3. The minimum Gasteiger partial charge on any atom is -0.389 e. The number of thiophene rings is 1. The van der Waals surface area contributed by atoms with Crippen LogP contribution in [0.3, 0.4) is 0 Å².